The molecule has 0 saturated heterocycles. The molecule has 0 bridgehead atoms. The maximum absolute atomic E-state index is 3.41. The number of allylic oxidation sites excluding steroid dienone is 1. The normalized spacial score (nSPS) is 10.5. The fraction of sp³-hybridized carbons (Fsp3) is 0.429. The van der Waals surface area contributed by atoms with Crippen LogP contribution in [0.3, 0.4) is 0 Å². The summed E-state index contributed by atoms with van der Waals surface area (Å²) in [6.07, 6.45) is 2.19. The maximum atomic E-state index is 3.41. The third kappa shape index (κ3) is 4.80. The Labute approximate surface area is 93.2 Å². The molecule has 0 aliphatic carbocycles. The van der Waals surface area contributed by atoms with Crippen molar-refractivity contribution in [2.75, 3.05) is 0 Å². The average molecular weight is 203 g/mol. The summed E-state index contributed by atoms with van der Waals surface area (Å²) in [7, 11) is 0. The van der Waals surface area contributed by atoms with Crippen molar-refractivity contribution < 1.29 is 0 Å². The van der Waals surface area contributed by atoms with Crippen LogP contribution in [0.2, 0.25) is 0 Å². The van der Waals surface area contributed by atoms with Crippen molar-refractivity contribution in [2.24, 2.45) is 0 Å². The lowest BCUT2D eigenvalue weighted by Gasteiger charge is -2.08. The topological polar surface area (TPSA) is 12.0 Å². The highest BCUT2D eigenvalue weighted by atomic mass is 14.9. The van der Waals surface area contributed by atoms with Gasteiger partial charge in [0.05, 0.1) is 0 Å². The average Bonchev–Trinajstić information content (AvgIpc) is 2.16. The second kappa shape index (κ2) is 5.72. The van der Waals surface area contributed by atoms with Gasteiger partial charge < -0.3 is 5.32 Å². The van der Waals surface area contributed by atoms with Crippen LogP contribution in [0.25, 0.3) is 6.08 Å². The molecule has 1 rings (SSSR count). The predicted molar refractivity (Wildman–Crippen MR) is 67.7 cm³/mol. The highest BCUT2D eigenvalue weighted by Crippen LogP contribution is 2.08. The molecule has 0 fully saturated rings. The van der Waals surface area contributed by atoms with Crippen LogP contribution in [0.4, 0.5) is 0 Å². The molecular formula is C14H21N. The van der Waals surface area contributed by atoms with Gasteiger partial charge in [0, 0.05) is 12.6 Å². The van der Waals surface area contributed by atoms with Gasteiger partial charge in [0.2, 0.25) is 0 Å². The number of hydrogen-bond acceptors (Lipinski definition) is 1. The molecule has 0 aliphatic rings. The molecule has 0 heterocycles. The summed E-state index contributed by atoms with van der Waals surface area (Å²) in [5.41, 5.74) is 3.96. The zero-order chi connectivity index (χ0) is 11.3. The van der Waals surface area contributed by atoms with E-state index in [4.69, 9.17) is 0 Å². The van der Waals surface area contributed by atoms with E-state index in [1.54, 1.807) is 0 Å². The second-order valence-corrected chi connectivity index (χ2v) is 4.50. The Morgan fingerprint density at radius 2 is 1.80 bits per heavy atom. The minimum Gasteiger partial charge on any atom is -0.310 e. The van der Waals surface area contributed by atoms with Gasteiger partial charge in [0.25, 0.3) is 0 Å². The third-order valence-electron chi connectivity index (χ3n) is 2.15. The van der Waals surface area contributed by atoms with Gasteiger partial charge in [-0.15, -0.1) is 0 Å². The van der Waals surface area contributed by atoms with Crippen molar-refractivity contribution in [1.82, 2.24) is 5.32 Å². The van der Waals surface area contributed by atoms with Crippen molar-refractivity contribution in [3.63, 3.8) is 0 Å². The van der Waals surface area contributed by atoms with E-state index in [9.17, 15) is 0 Å². The van der Waals surface area contributed by atoms with Gasteiger partial charge in [0.1, 0.15) is 0 Å². The van der Waals surface area contributed by atoms with Crippen molar-refractivity contribution in [1.29, 1.82) is 0 Å². The van der Waals surface area contributed by atoms with E-state index >= 15 is 0 Å². The van der Waals surface area contributed by atoms with Crippen LogP contribution >= 0.6 is 0 Å². The smallest absolute Gasteiger partial charge is 0.0207 e. The molecule has 0 atom stereocenters. The van der Waals surface area contributed by atoms with Gasteiger partial charge in [-0.05, 0) is 25.0 Å². The molecule has 0 unspecified atom stereocenters. The number of nitrogens with one attached hydrogen (secondary N) is 1. The van der Waals surface area contributed by atoms with Gasteiger partial charge in [-0.2, -0.15) is 0 Å². The van der Waals surface area contributed by atoms with Crippen LogP contribution in [0.15, 0.2) is 29.8 Å². The fourth-order valence-corrected chi connectivity index (χ4v) is 1.39. The molecule has 0 radical (unpaired) electrons. The van der Waals surface area contributed by atoms with E-state index in [0.29, 0.717) is 6.04 Å². The van der Waals surface area contributed by atoms with Gasteiger partial charge in [-0.3, -0.25) is 0 Å². The van der Waals surface area contributed by atoms with E-state index < -0.39 is 0 Å². The molecule has 0 spiro atoms. The summed E-state index contributed by atoms with van der Waals surface area (Å²) in [5.74, 6) is 0. The molecule has 1 N–H and O–H groups in total. The van der Waals surface area contributed by atoms with Crippen molar-refractivity contribution >= 4 is 6.08 Å². The van der Waals surface area contributed by atoms with Gasteiger partial charge >= 0.3 is 0 Å². The fourth-order valence-electron chi connectivity index (χ4n) is 1.39. The molecule has 1 aromatic carbocycles. The van der Waals surface area contributed by atoms with Crippen LogP contribution in [0, 0.1) is 0 Å². The lowest BCUT2D eigenvalue weighted by atomic mass is 10.1. The molecule has 0 aliphatic heterocycles. The highest BCUT2D eigenvalue weighted by Gasteiger charge is 1.95. The SMILES string of the molecule is CC(C)=Cc1ccc(CNC(C)C)cc1. The highest BCUT2D eigenvalue weighted by molar-refractivity contribution is 5.52. The molecule has 0 saturated carbocycles. The first-order chi connectivity index (χ1) is 7.08. The lowest BCUT2D eigenvalue weighted by Crippen LogP contribution is -2.21. The summed E-state index contributed by atoms with van der Waals surface area (Å²) in [5, 5.41) is 3.41. The van der Waals surface area contributed by atoms with E-state index in [1.165, 1.54) is 16.7 Å². The Balaban J connectivity index is 2.60. The Morgan fingerprint density at radius 3 is 2.27 bits per heavy atom. The summed E-state index contributed by atoms with van der Waals surface area (Å²) in [6.45, 7) is 9.52. The maximum Gasteiger partial charge on any atom is 0.0207 e. The van der Waals surface area contributed by atoms with E-state index in [-0.39, 0.29) is 0 Å². The van der Waals surface area contributed by atoms with E-state index in [0.717, 1.165) is 6.54 Å². The number of benzene rings is 1. The number of rotatable bonds is 4. The molecule has 1 aromatic rings. The second-order valence-electron chi connectivity index (χ2n) is 4.50. The molecule has 1 heteroatoms. The Hall–Kier alpha value is -1.08. The summed E-state index contributed by atoms with van der Waals surface area (Å²) >= 11 is 0. The van der Waals surface area contributed by atoms with Gasteiger partial charge in [-0.1, -0.05) is 49.8 Å². The molecule has 0 aromatic heterocycles. The van der Waals surface area contributed by atoms with Crippen LogP contribution in [0.5, 0.6) is 0 Å². The summed E-state index contributed by atoms with van der Waals surface area (Å²) in [6, 6.07) is 9.26. The van der Waals surface area contributed by atoms with Crippen LogP contribution in [0.1, 0.15) is 38.8 Å². The minimum absolute atomic E-state index is 0.544. The zero-order valence-corrected chi connectivity index (χ0v) is 10.2. The quantitative estimate of drug-likeness (QED) is 0.788. The third-order valence-corrected chi connectivity index (χ3v) is 2.15. The first-order valence-electron chi connectivity index (χ1n) is 5.55. The first kappa shape index (κ1) is 12.0. The first-order valence-corrected chi connectivity index (χ1v) is 5.55. The summed E-state index contributed by atoms with van der Waals surface area (Å²) in [4.78, 5) is 0. The van der Waals surface area contributed by atoms with Crippen molar-refractivity contribution in [3.05, 3.63) is 41.0 Å². The summed E-state index contributed by atoms with van der Waals surface area (Å²) < 4.78 is 0. The van der Waals surface area contributed by atoms with Crippen LogP contribution in [-0.4, -0.2) is 6.04 Å². The Kier molecular flexibility index (Phi) is 4.57. The van der Waals surface area contributed by atoms with Crippen molar-refractivity contribution in [3.8, 4) is 0 Å². The van der Waals surface area contributed by atoms with E-state index in [2.05, 4.69) is 63.4 Å². The molecular weight excluding hydrogens is 182 g/mol. The predicted octanol–water partition coefficient (Wildman–Crippen LogP) is 3.61. The van der Waals surface area contributed by atoms with Crippen LogP contribution < -0.4 is 5.32 Å². The number of hydrogen-bond donors (Lipinski definition) is 1. The molecule has 1 nitrogen and oxygen atoms in total. The van der Waals surface area contributed by atoms with Gasteiger partial charge in [-0.25, -0.2) is 0 Å². The van der Waals surface area contributed by atoms with Crippen molar-refractivity contribution in [2.45, 2.75) is 40.3 Å². The monoisotopic (exact) mass is 203 g/mol. The standard InChI is InChI=1S/C14H21N/c1-11(2)9-13-5-7-14(8-6-13)10-15-12(3)4/h5-9,12,15H,10H2,1-4H3. The minimum atomic E-state index is 0.544. The Bertz CT molecular complexity index is 316. The molecule has 82 valence electrons. The van der Waals surface area contributed by atoms with E-state index in [1.807, 2.05) is 0 Å². The molecule has 15 heavy (non-hydrogen) atoms. The van der Waals surface area contributed by atoms with Crippen LogP contribution in [-0.2, 0) is 6.54 Å². The zero-order valence-electron chi connectivity index (χ0n) is 10.2. The Morgan fingerprint density at radius 1 is 1.20 bits per heavy atom. The lowest BCUT2D eigenvalue weighted by molar-refractivity contribution is 0.589. The molecule has 0 amide bonds. The van der Waals surface area contributed by atoms with Gasteiger partial charge in [0.15, 0.2) is 0 Å². The largest absolute Gasteiger partial charge is 0.310 e.